The molecule has 1 fully saturated rings. The van der Waals surface area contributed by atoms with Crippen molar-refractivity contribution in [2.75, 3.05) is 13.1 Å². The Morgan fingerprint density at radius 3 is 2.84 bits per heavy atom. The number of hydrogen-bond donors (Lipinski definition) is 2. The molecule has 0 aromatic carbocycles. The van der Waals surface area contributed by atoms with Crippen LogP contribution in [0.25, 0.3) is 11.5 Å². The summed E-state index contributed by atoms with van der Waals surface area (Å²) >= 11 is 0. The highest BCUT2D eigenvalue weighted by Gasteiger charge is 2.19. The normalized spacial score (nSPS) is 16.7. The molecule has 0 amide bonds. The zero-order valence-corrected chi connectivity index (χ0v) is 11.2. The third-order valence-electron chi connectivity index (χ3n) is 3.63. The summed E-state index contributed by atoms with van der Waals surface area (Å²) in [5.74, 6) is 2.21. The van der Waals surface area contributed by atoms with Gasteiger partial charge in [0.25, 0.3) is 0 Å². The topological polar surface area (TPSA) is 66.5 Å². The average molecular weight is 257 g/mol. The van der Waals surface area contributed by atoms with Crippen LogP contribution < -0.4 is 5.32 Å². The molecule has 0 unspecified atom stereocenters. The van der Waals surface area contributed by atoms with Gasteiger partial charge in [-0.25, -0.2) is 9.97 Å². The van der Waals surface area contributed by atoms with Crippen LogP contribution in [0.1, 0.15) is 37.2 Å². The molecule has 0 atom stereocenters. The van der Waals surface area contributed by atoms with E-state index in [0.717, 1.165) is 49.6 Å². The summed E-state index contributed by atoms with van der Waals surface area (Å²) in [6.07, 6.45) is 3.17. The highest BCUT2D eigenvalue weighted by atomic mass is 15.2. The van der Waals surface area contributed by atoms with Crippen molar-refractivity contribution in [2.24, 2.45) is 0 Å². The van der Waals surface area contributed by atoms with Crippen LogP contribution in [0.3, 0.4) is 0 Å². The van der Waals surface area contributed by atoms with E-state index in [0.29, 0.717) is 11.7 Å². The van der Waals surface area contributed by atoms with Crippen LogP contribution >= 0.6 is 0 Å². The molecule has 3 heterocycles. The Morgan fingerprint density at radius 1 is 1.21 bits per heavy atom. The van der Waals surface area contributed by atoms with Gasteiger partial charge in [0.1, 0.15) is 11.5 Å². The second-order valence-corrected chi connectivity index (χ2v) is 4.94. The number of aryl methyl sites for hydroxylation is 1. The molecule has 0 saturated carbocycles. The van der Waals surface area contributed by atoms with E-state index in [2.05, 4.69) is 32.4 Å². The van der Waals surface area contributed by atoms with Gasteiger partial charge >= 0.3 is 0 Å². The number of aromatic nitrogens is 4. The van der Waals surface area contributed by atoms with Gasteiger partial charge in [-0.3, -0.25) is 5.10 Å². The van der Waals surface area contributed by atoms with Crippen molar-refractivity contribution in [1.29, 1.82) is 0 Å². The number of nitrogens with zero attached hydrogens (tertiary/aromatic N) is 3. The zero-order chi connectivity index (χ0) is 13.1. The van der Waals surface area contributed by atoms with Gasteiger partial charge in [0, 0.05) is 11.6 Å². The Balaban J connectivity index is 1.83. The molecule has 0 radical (unpaired) electrons. The molecular formula is C14H19N5. The Labute approximate surface area is 112 Å². The molecule has 5 heteroatoms. The lowest BCUT2D eigenvalue weighted by Gasteiger charge is -2.19. The molecule has 19 heavy (non-hydrogen) atoms. The largest absolute Gasteiger partial charge is 0.317 e. The van der Waals surface area contributed by atoms with Crippen molar-refractivity contribution < 1.29 is 0 Å². The van der Waals surface area contributed by atoms with Gasteiger partial charge in [-0.15, -0.1) is 0 Å². The Kier molecular flexibility index (Phi) is 3.55. The van der Waals surface area contributed by atoms with Gasteiger partial charge in [-0.05, 0) is 44.5 Å². The SMILES string of the molecule is CCc1cccc(-c2n[nH]c(C3CCNCC3)n2)n1. The van der Waals surface area contributed by atoms with E-state index in [1.54, 1.807) is 0 Å². The number of rotatable bonds is 3. The predicted molar refractivity (Wildman–Crippen MR) is 73.8 cm³/mol. The van der Waals surface area contributed by atoms with Crippen molar-refractivity contribution in [3.8, 4) is 11.5 Å². The Bertz CT molecular complexity index is 542. The van der Waals surface area contributed by atoms with E-state index >= 15 is 0 Å². The lowest BCUT2D eigenvalue weighted by Crippen LogP contribution is -2.27. The van der Waals surface area contributed by atoms with Crippen molar-refractivity contribution >= 4 is 0 Å². The molecule has 2 N–H and O–H groups in total. The predicted octanol–water partition coefficient (Wildman–Crippen LogP) is 1.90. The minimum atomic E-state index is 0.497. The Hall–Kier alpha value is -1.75. The minimum Gasteiger partial charge on any atom is -0.317 e. The lowest BCUT2D eigenvalue weighted by atomic mass is 9.98. The number of H-pyrrole nitrogens is 1. The third kappa shape index (κ3) is 2.66. The number of hydrogen-bond acceptors (Lipinski definition) is 4. The van der Waals surface area contributed by atoms with Gasteiger partial charge in [0.05, 0.1) is 0 Å². The maximum Gasteiger partial charge on any atom is 0.199 e. The van der Waals surface area contributed by atoms with E-state index in [-0.39, 0.29) is 0 Å². The van der Waals surface area contributed by atoms with Gasteiger partial charge in [0.2, 0.25) is 0 Å². The maximum atomic E-state index is 4.62. The molecule has 5 nitrogen and oxygen atoms in total. The molecule has 3 rings (SSSR count). The summed E-state index contributed by atoms with van der Waals surface area (Å²) in [6, 6.07) is 6.01. The lowest BCUT2D eigenvalue weighted by molar-refractivity contribution is 0.446. The van der Waals surface area contributed by atoms with Gasteiger partial charge in [0.15, 0.2) is 5.82 Å². The minimum absolute atomic E-state index is 0.497. The molecule has 0 bridgehead atoms. The van der Waals surface area contributed by atoms with Crippen molar-refractivity contribution in [1.82, 2.24) is 25.5 Å². The fourth-order valence-corrected chi connectivity index (χ4v) is 2.47. The maximum absolute atomic E-state index is 4.62. The summed E-state index contributed by atoms with van der Waals surface area (Å²) in [5.41, 5.74) is 1.93. The second-order valence-electron chi connectivity index (χ2n) is 4.94. The summed E-state index contributed by atoms with van der Waals surface area (Å²) in [6.45, 7) is 4.22. The van der Waals surface area contributed by atoms with Crippen LogP contribution in [0.5, 0.6) is 0 Å². The highest BCUT2D eigenvalue weighted by molar-refractivity contribution is 5.48. The first kappa shape index (κ1) is 12.3. The van der Waals surface area contributed by atoms with E-state index in [1.807, 2.05) is 18.2 Å². The first-order valence-corrected chi connectivity index (χ1v) is 6.96. The first-order chi connectivity index (χ1) is 9.36. The summed E-state index contributed by atoms with van der Waals surface area (Å²) in [4.78, 5) is 9.19. The van der Waals surface area contributed by atoms with E-state index in [9.17, 15) is 0 Å². The molecule has 2 aromatic rings. The van der Waals surface area contributed by atoms with Crippen molar-refractivity contribution in [3.05, 3.63) is 29.7 Å². The van der Waals surface area contributed by atoms with E-state index in [4.69, 9.17) is 0 Å². The van der Waals surface area contributed by atoms with Gasteiger partial charge in [-0.2, -0.15) is 5.10 Å². The zero-order valence-electron chi connectivity index (χ0n) is 11.2. The average Bonchev–Trinajstić information content (AvgIpc) is 2.98. The van der Waals surface area contributed by atoms with Crippen LogP contribution in [0.4, 0.5) is 0 Å². The molecule has 1 aliphatic rings. The first-order valence-electron chi connectivity index (χ1n) is 6.96. The van der Waals surface area contributed by atoms with Gasteiger partial charge in [-0.1, -0.05) is 13.0 Å². The molecule has 0 spiro atoms. The molecule has 1 aliphatic heterocycles. The van der Waals surface area contributed by atoms with Crippen LogP contribution in [0.15, 0.2) is 18.2 Å². The molecule has 2 aromatic heterocycles. The number of pyridine rings is 1. The van der Waals surface area contributed by atoms with Gasteiger partial charge < -0.3 is 5.32 Å². The smallest absolute Gasteiger partial charge is 0.199 e. The quantitative estimate of drug-likeness (QED) is 0.881. The van der Waals surface area contributed by atoms with Crippen LogP contribution in [-0.2, 0) is 6.42 Å². The van der Waals surface area contributed by atoms with E-state index < -0.39 is 0 Å². The molecule has 100 valence electrons. The van der Waals surface area contributed by atoms with E-state index in [1.165, 1.54) is 0 Å². The van der Waals surface area contributed by atoms with Crippen molar-refractivity contribution in [3.63, 3.8) is 0 Å². The van der Waals surface area contributed by atoms with Crippen LogP contribution in [-0.4, -0.2) is 33.3 Å². The Morgan fingerprint density at radius 2 is 2.05 bits per heavy atom. The summed E-state index contributed by atoms with van der Waals surface area (Å²) in [5, 5.41) is 10.8. The summed E-state index contributed by atoms with van der Waals surface area (Å²) < 4.78 is 0. The fourth-order valence-electron chi connectivity index (χ4n) is 2.47. The number of piperidine rings is 1. The molecular weight excluding hydrogens is 238 g/mol. The number of aromatic amines is 1. The van der Waals surface area contributed by atoms with Crippen LogP contribution in [0, 0.1) is 0 Å². The highest BCUT2D eigenvalue weighted by Crippen LogP contribution is 2.23. The summed E-state index contributed by atoms with van der Waals surface area (Å²) in [7, 11) is 0. The standard InChI is InChI=1S/C14H19N5/c1-2-11-4-3-5-12(16-11)14-17-13(18-19-14)10-6-8-15-9-7-10/h3-5,10,15H,2,6-9H2,1H3,(H,17,18,19). The molecule has 1 saturated heterocycles. The molecule has 0 aliphatic carbocycles. The van der Waals surface area contributed by atoms with Crippen molar-refractivity contribution in [2.45, 2.75) is 32.1 Å². The fraction of sp³-hybridized carbons (Fsp3) is 0.500. The second kappa shape index (κ2) is 5.48. The van der Waals surface area contributed by atoms with Crippen LogP contribution in [0.2, 0.25) is 0 Å². The monoisotopic (exact) mass is 257 g/mol. The number of nitrogens with one attached hydrogen (secondary N) is 2. The third-order valence-corrected chi connectivity index (χ3v) is 3.63.